The number of nitrogens with zero attached hydrogens (tertiary/aromatic N) is 1. The average molecular weight is 334 g/mol. The van der Waals surface area contributed by atoms with Crippen LogP contribution in [0.1, 0.15) is 25.5 Å². The molecule has 1 heterocycles. The number of nitrogens with one attached hydrogen (secondary N) is 1. The molecular formula is C17H22N2O3S. The van der Waals surface area contributed by atoms with Gasteiger partial charge in [0.1, 0.15) is 5.01 Å². The third-order valence-electron chi connectivity index (χ3n) is 3.38. The SMILES string of the molecule is CCCCNC(=O)Cc1csc(-c2ccc(OC)c(OC)c2)n1. The molecule has 0 unspecified atom stereocenters. The van der Waals surface area contributed by atoms with Crippen molar-refractivity contribution in [2.24, 2.45) is 0 Å². The summed E-state index contributed by atoms with van der Waals surface area (Å²) < 4.78 is 10.5. The summed E-state index contributed by atoms with van der Waals surface area (Å²) in [6.07, 6.45) is 2.38. The van der Waals surface area contributed by atoms with Crippen molar-refractivity contribution in [1.29, 1.82) is 0 Å². The first-order valence-corrected chi connectivity index (χ1v) is 8.49. The second kappa shape index (κ2) is 8.53. The van der Waals surface area contributed by atoms with Gasteiger partial charge in [0.2, 0.25) is 5.91 Å². The van der Waals surface area contributed by atoms with Crippen molar-refractivity contribution in [1.82, 2.24) is 10.3 Å². The molecule has 1 N–H and O–H groups in total. The summed E-state index contributed by atoms with van der Waals surface area (Å²) in [6, 6.07) is 5.68. The van der Waals surface area contributed by atoms with Crippen LogP contribution in [0.3, 0.4) is 0 Å². The van der Waals surface area contributed by atoms with E-state index in [9.17, 15) is 4.79 Å². The monoisotopic (exact) mass is 334 g/mol. The van der Waals surface area contributed by atoms with Crippen LogP contribution in [0.15, 0.2) is 23.6 Å². The minimum absolute atomic E-state index is 0.0163. The fraction of sp³-hybridized carbons (Fsp3) is 0.412. The molecule has 0 atom stereocenters. The van der Waals surface area contributed by atoms with Crippen molar-refractivity contribution in [2.75, 3.05) is 20.8 Å². The molecule has 0 spiro atoms. The van der Waals surface area contributed by atoms with E-state index in [1.807, 2.05) is 23.6 Å². The van der Waals surface area contributed by atoms with Gasteiger partial charge in [0.05, 0.1) is 26.3 Å². The summed E-state index contributed by atoms with van der Waals surface area (Å²) in [6.45, 7) is 2.82. The molecule has 1 amide bonds. The van der Waals surface area contributed by atoms with Crippen LogP contribution < -0.4 is 14.8 Å². The fourth-order valence-electron chi connectivity index (χ4n) is 2.12. The van der Waals surface area contributed by atoms with Gasteiger partial charge in [-0.2, -0.15) is 0 Å². The minimum atomic E-state index is 0.0163. The Hall–Kier alpha value is -2.08. The Balaban J connectivity index is 2.05. The Morgan fingerprint density at radius 2 is 2.04 bits per heavy atom. The average Bonchev–Trinajstić information content (AvgIpc) is 3.02. The smallest absolute Gasteiger partial charge is 0.226 e. The third-order valence-corrected chi connectivity index (χ3v) is 4.32. The minimum Gasteiger partial charge on any atom is -0.493 e. The lowest BCUT2D eigenvalue weighted by molar-refractivity contribution is -0.120. The molecule has 5 nitrogen and oxygen atoms in total. The van der Waals surface area contributed by atoms with Gasteiger partial charge in [0.25, 0.3) is 0 Å². The summed E-state index contributed by atoms with van der Waals surface area (Å²) in [4.78, 5) is 16.4. The zero-order chi connectivity index (χ0) is 16.7. The number of aromatic nitrogens is 1. The largest absolute Gasteiger partial charge is 0.493 e. The van der Waals surface area contributed by atoms with E-state index in [1.165, 1.54) is 11.3 Å². The number of unbranched alkanes of at least 4 members (excludes halogenated alkanes) is 1. The highest BCUT2D eigenvalue weighted by molar-refractivity contribution is 7.13. The number of rotatable bonds is 8. The number of ether oxygens (including phenoxy) is 2. The molecule has 0 aliphatic rings. The second-order valence-corrected chi connectivity index (χ2v) is 5.95. The fourth-order valence-corrected chi connectivity index (χ4v) is 2.94. The first-order valence-electron chi connectivity index (χ1n) is 7.61. The summed E-state index contributed by atoms with van der Waals surface area (Å²) >= 11 is 1.52. The van der Waals surface area contributed by atoms with E-state index in [0.717, 1.165) is 35.7 Å². The maximum absolute atomic E-state index is 11.8. The van der Waals surface area contributed by atoms with Crippen LogP contribution in [-0.2, 0) is 11.2 Å². The van der Waals surface area contributed by atoms with Gasteiger partial charge in [-0.05, 0) is 24.6 Å². The van der Waals surface area contributed by atoms with Gasteiger partial charge in [0, 0.05) is 17.5 Å². The number of carbonyl (C=O) groups excluding carboxylic acids is 1. The maximum Gasteiger partial charge on any atom is 0.226 e. The number of benzene rings is 1. The molecule has 0 saturated carbocycles. The van der Waals surface area contributed by atoms with Crippen molar-refractivity contribution >= 4 is 17.2 Å². The lowest BCUT2D eigenvalue weighted by Crippen LogP contribution is -2.26. The van der Waals surface area contributed by atoms with E-state index in [-0.39, 0.29) is 5.91 Å². The molecule has 0 radical (unpaired) electrons. The molecule has 2 aromatic rings. The summed E-state index contributed by atoms with van der Waals surface area (Å²) in [5.41, 5.74) is 1.74. The van der Waals surface area contributed by atoms with Crippen LogP contribution >= 0.6 is 11.3 Å². The molecule has 124 valence electrons. The van der Waals surface area contributed by atoms with Crippen LogP contribution in [0.25, 0.3) is 10.6 Å². The molecule has 0 saturated heterocycles. The van der Waals surface area contributed by atoms with E-state index in [1.54, 1.807) is 14.2 Å². The first-order chi connectivity index (χ1) is 11.2. The predicted molar refractivity (Wildman–Crippen MR) is 92.3 cm³/mol. The van der Waals surface area contributed by atoms with Crippen LogP contribution in [0, 0.1) is 0 Å². The van der Waals surface area contributed by atoms with Crippen LogP contribution in [0.4, 0.5) is 0 Å². The quantitative estimate of drug-likeness (QED) is 0.753. The number of hydrogen-bond acceptors (Lipinski definition) is 5. The van der Waals surface area contributed by atoms with E-state index in [0.29, 0.717) is 17.9 Å². The number of carbonyl (C=O) groups is 1. The van der Waals surface area contributed by atoms with Crippen molar-refractivity contribution in [3.63, 3.8) is 0 Å². The van der Waals surface area contributed by atoms with E-state index < -0.39 is 0 Å². The van der Waals surface area contributed by atoms with Gasteiger partial charge >= 0.3 is 0 Å². The maximum atomic E-state index is 11.8. The highest BCUT2D eigenvalue weighted by Crippen LogP contribution is 2.33. The molecule has 2 rings (SSSR count). The number of thiazole rings is 1. The zero-order valence-corrected chi connectivity index (χ0v) is 14.5. The highest BCUT2D eigenvalue weighted by Gasteiger charge is 2.11. The van der Waals surface area contributed by atoms with Gasteiger partial charge in [-0.3, -0.25) is 4.79 Å². The van der Waals surface area contributed by atoms with Gasteiger partial charge in [-0.25, -0.2) is 4.98 Å². The molecule has 0 bridgehead atoms. The summed E-state index contributed by atoms with van der Waals surface area (Å²) in [5, 5.41) is 5.69. The standard InChI is InChI=1S/C17H22N2O3S/c1-4-5-8-18-16(20)10-13-11-23-17(19-13)12-6-7-14(21-2)15(9-12)22-3/h6-7,9,11H,4-5,8,10H2,1-3H3,(H,18,20). The Morgan fingerprint density at radius 1 is 1.26 bits per heavy atom. The number of hydrogen-bond donors (Lipinski definition) is 1. The Labute approximate surface area is 140 Å². The Morgan fingerprint density at radius 3 is 2.74 bits per heavy atom. The zero-order valence-electron chi connectivity index (χ0n) is 13.7. The Bertz CT molecular complexity index is 655. The molecule has 0 aliphatic carbocycles. The third kappa shape index (κ3) is 4.69. The van der Waals surface area contributed by atoms with Gasteiger partial charge in [0.15, 0.2) is 11.5 Å². The molecular weight excluding hydrogens is 312 g/mol. The van der Waals surface area contributed by atoms with Crippen molar-refractivity contribution in [3.05, 3.63) is 29.3 Å². The molecule has 6 heteroatoms. The normalized spacial score (nSPS) is 10.4. The van der Waals surface area contributed by atoms with E-state index in [2.05, 4.69) is 17.2 Å². The molecule has 23 heavy (non-hydrogen) atoms. The number of methoxy groups -OCH3 is 2. The van der Waals surface area contributed by atoms with Crippen molar-refractivity contribution < 1.29 is 14.3 Å². The second-order valence-electron chi connectivity index (χ2n) is 5.09. The first kappa shape index (κ1) is 17.3. The van der Waals surface area contributed by atoms with Crippen molar-refractivity contribution in [2.45, 2.75) is 26.2 Å². The molecule has 1 aromatic carbocycles. The topological polar surface area (TPSA) is 60.5 Å². The van der Waals surface area contributed by atoms with Gasteiger partial charge in [-0.15, -0.1) is 11.3 Å². The molecule has 1 aromatic heterocycles. The van der Waals surface area contributed by atoms with Crippen molar-refractivity contribution in [3.8, 4) is 22.1 Å². The lowest BCUT2D eigenvalue weighted by atomic mass is 10.2. The molecule has 0 fully saturated rings. The van der Waals surface area contributed by atoms with Gasteiger partial charge in [-0.1, -0.05) is 13.3 Å². The summed E-state index contributed by atoms with van der Waals surface area (Å²) in [5.74, 6) is 1.37. The summed E-state index contributed by atoms with van der Waals surface area (Å²) in [7, 11) is 3.21. The lowest BCUT2D eigenvalue weighted by Gasteiger charge is -2.08. The Kier molecular flexibility index (Phi) is 6.40. The van der Waals surface area contributed by atoms with E-state index in [4.69, 9.17) is 9.47 Å². The predicted octanol–water partition coefficient (Wildman–Crippen LogP) is 3.29. The van der Waals surface area contributed by atoms with Crippen LogP contribution in [0.5, 0.6) is 11.5 Å². The van der Waals surface area contributed by atoms with E-state index >= 15 is 0 Å². The van der Waals surface area contributed by atoms with Gasteiger partial charge < -0.3 is 14.8 Å². The molecule has 0 aliphatic heterocycles. The van der Waals surface area contributed by atoms with Crippen LogP contribution in [0.2, 0.25) is 0 Å². The van der Waals surface area contributed by atoms with Crippen LogP contribution in [-0.4, -0.2) is 31.7 Å². The highest BCUT2D eigenvalue weighted by atomic mass is 32.1. The number of amides is 1.